The number of amides is 1. The van der Waals surface area contributed by atoms with Crippen LogP contribution in [0.15, 0.2) is 47.1 Å². The van der Waals surface area contributed by atoms with E-state index in [9.17, 15) is 4.79 Å². The van der Waals surface area contributed by atoms with E-state index in [4.69, 9.17) is 4.42 Å². The van der Waals surface area contributed by atoms with Crippen molar-refractivity contribution in [2.45, 2.75) is 25.4 Å². The molecular weight excluding hydrogens is 266 g/mol. The molecule has 5 nitrogen and oxygen atoms in total. The van der Waals surface area contributed by atoms with Gasteiger partial charge in [-0.1, -0.05) is 12.1 Å². The number of nitrogens with zero attached hydrogens (tertiary/aromatic N) is 2. The van der Waals surface area contributed by atoms with Gasteiger partial charge in [0.25, 0.3) is 0 Å². The number of hydrogen-bond acceptors (Lipinski definition) is 3. The number of para-hydroxylation sites is 2. The van der Waals surface area contributed by atoms with Crippen molar-refractivity contribution in [3.05, 3.63) is 42.7 Å². The Morgan fingerprint density at radius 2 is 2.14 bits per heavy atom. The van der Waals surface area contributed by atoms with E-state index < -0.39 is 0 Å². The van der Waals surface area contributed by atoms with Crippen LogP contribution in [0.3, 0.4) is 0 Å². The minimum Gasteiger partial charge on any atom is -0.461 e. The first kappa shape index (κ1) is 12.2. The Hall–Kier alpha value is -2.56. The predicted octanol–water partition coefficient (Wildman–Crippen LogP) is 2.57. The smallest absolute Gasteiger partial charge is 0.240 e. The van der Waals surface area contributed by atoms with Crippen molar-refractivity contribution in [3.8, 4) is 11.6 Å². The molecule has 1 N–H and O–H groups in total. The van der Waals surface area contributed by atoms with Gasteiger partial charge in [-0.05, 0) is 37.1 Å². The molecule has 0 unspecified atom stereocenters. The predicted molar refractivity (Wildman–Crippen MR) is 78.6 cm³/mol. The second-order valence-corrected chi connectivity index (χ2v) is 5.33. The number of hydrogen-bond donors (Lipinski definition) is 1. The Balaban J connectivity index is 1.76. The fourth-order valence-corrected chi connectivity index (χ4v) is 2.47. The normalized spacial score (nSPS) is 14.5. The molecule has 1 amide bonds. The lowest BCUT2D eigenvalue weighted by Crippen LogP contribution is -2.29. The summed E-state index contributed by atoms with van der Waals surface area (Å²) in [6, 6.07) is 11.8. The van der Waals surface area contributed by atoms with E-state index in [0.717, 1.165) is 23.9 Å². The van der Waals surface area contributed by atoms with Crippen molar-refractivity contribution in [2.75, 3.05) is 0 Å². The Morgan fingerprint density at radius 1 is 1.29 bits per heavy atom. The highest BCUT2D eigenvalue weighted by Crippen LogP contribution is 2.25. The molecule has 2 aromatic heterocycles. The van der Waals surface area contributed by atoms with Crippen molar-refractivity contribution >= 4 is 16.9 Å². The van der Waals surface area contributed by atoms with Gasteiger partial charge in [0.1, 0.15) is 6.54 Å². The van der Waals surface area contributed by atoms with Crippen molar-refractivity contribution in [1.82, 2.24) is 14.9 Å². The van der Waals surface area contributed by atoms with E-state index >= 15 is 0 Å². The summed E-state index contributed by atoms with van der Waals surface area (Å²) in [6.07, 6.45) is 3.78. The van der Waals surface area contributed by atoms with E-state index in [-0.39, 0.29) is 12.5 Å². The summed E-state index contributed by atoms with van der Waals surface area (Å²) in [5.41, 5.74) is 1.80. The number of rotatable bonds is 4. The van der Waals surface area contributed by atoms with Crippen molar-refractivity contribution in [2.24, 2.45) is 0 Å². The first-order valence-corrected chi connectivity index (χ1v) is 7.10. The maximum atomic E-state index is 12.1. The zero-order valence-electron chi connectivity index (χ0n) is 11.5. The summed E-state index contributed by atoms with van der Waals surface area (Å²) in [4.78, 5) is 16.7. The lowest BCUT2D eigenvalue weighted by molar-refractivity contribution is -0.121. The van der Waals surface area contributed by atoms with Gasteiger partial charge in [0.05, 0.1) is 17.3 Å². The molecule has 0 saturated heterocycles. The van der Waals surface area contributed by atoms with E-state index in [1.54, 1.807) is 6.26 Å². The third-order valence-electron chi connectivity index (χ3n) is 3.64. The Morgan fingerprint density at radius 3 is 2.90 bits per heavy atom. The van der Waals surface area contributed by atoms with Gasteiger partial charge in [0, 0.05) is 6.04 Å². The zero-order chi connectivity index (χ0) is 14.2. The molecule has 21 heavy (non-hydrogen) atoms. The summed E-state index contributed by atoms with van der Waals surface area (Å²) in [7, 11) is 0. The SMILES string of the molecule is O=C(Cn1c(-c2ccco2)nc2ccccc21)NC1CC1. The molecule has 0 bridgehead atoms. The molecule has 1 aromatic carbocycles. The molecule has 1 aliphatic rings. The third-order valence-corrected chi connectivity index (χ3v) is 3.64. The van der Waals surface area contributed by atoms with Crippen LogP contribution in [-0.2, 0) is 11.3 Å². The number of aromatic nitrogens is 2. The molecule has 2 heterocycles. The van der Waals surface area contributed by atoms with Crippen LogP contribution in [0, 0.1) is 0 Å². The van der Waals surface area contributed by atoms with Crippen molar-refractivity contribution in [3.63, 3.8) is 0 Å². The highest BCUT2D eigenvalue weighted by molar-refractivity contribution is 5.84. The first-order chi connectivity index (χ1) is 10.3. The fraction of sp³-hybridized carbons (Fsp3) is 0.250. The number of fused-ring (bicyclic) bond motifs is 1. The van der Waals surface area contributed by atoms with Crippen LogP contribution < -0.4 is 5.32 Å². The Kier molecular flexibility index (Phi) is 2.77. The Labute approximate surface area is 121 Å². The largest absolute Gasteiger partial charge is 0.461 e. The molecule has 1 fully saturated rings. The van der Waals surface area contributed by atoms with Crippen LogP contribution in [0.25, 0.3) is 22.6 Å². The summed E-state index contributed by atoms with van der Waals surface area (Å²) in [5.74, 6) is 1.38. The molecule has 0 atom stereocenters. The summed E-state index contributed by atoms with van der Waals surface area (Å²) in [5, 5.41) is 3.01. The van der Waals surface area contributed by atoms with Crippen LogP contribution in [0.1, 0.15) is 12.8 Å². The molecule has 106 valence electrons. The van der Waals surface area contributed by atoms with Crippen LogP contribution in [-0.4, -0.2) is 21.5 Å². The van der Waals surface area contributed by atoms with Crippen LogP contribution in [0.2, 0.25) is 0 Å². The molecule has 5 heteroatoms. The van der Waals surface area contributed by atoms with Gasteiger partial charge >= 0.3 is 0 Å². The van der Waals surface area contributed by atoms with E-state index in [2.05, 4.69) is 10.3 Å². The summed E-state index contributed by atoms with van der Waals surface area (Å²) in [6.45, 7) is 0.257. The average Bonchev–Trinajstić information content (AvgIpc) is 3.02. The Bertz CT molecular complexity index is 785. The number of furan rings is 1. The number of carbonyl (C=O) groups excluding carboxylic acids is 1. The van der Waals surface area contributed by atoms with Gasteiger partial charge in [0.15, 0.2) is 11.6 Å². The molecule has 3 aromatic rings. The van der Waals surface area contributed by atoms with Crippen LogP contribution >= 0.6 is 0 Å². The quantitative estimate of drug-likeness (QED) is 0.799. The second-order valence-electron chi connectivity index (χ2n) is 5.33. The lowest BCUT2D eigenvalue weighted by atomic mass is 10.3. The summed E-state index contributed by atoms with van der Waals surface area (Å²) >= 11 is 0. The van der Waals surface area contributed by atoms with E-state index in [1.165, 1.54) is 0 Å². The lowest BCUT2D eigenvalue weighted by Gasteiger charge is -2.08. The van der Waals surface area contributed by atoms with Gasteiger partial charge in [-0.25, -0.2) is 4.98 Å². The standard InChI is InChI=1S/C16H15N3O2/c20-15(17-11-7-8-11)10-19-13-5-2-1-4-12(13)18-16(19)14-6-3-9-21-14/h1-6,9,11H,7-8,10H2,(H,17,20). The minimum atomic E-state index is 0.0217. The molecule has 1 saturated carbocycles. The van der Waals surface area contributed by atoms with Gasteiger partial charge in [0.2, 0.25) is 5.91 Å². The zero-order valence-corrected chi connectivity index (χ0v) is 11.5. The highest BCUT2D eigenvalue weighted by Gasteiger charge is 2.24. The highest BCUT2D eigenvalue weighted by atomic mass is 16.3. The average molecular weight is 281 g/mol. The third kappa shape index (κ3) is 2.31. The van der Waals surface area contributed by atoms with Gasteiger partial charge < -0.3 is 14.3 Å². The van der Waals surface area contributed by atoms with Gasteiger partial charge in [-0.15, -0.1) is 0 Å². The monoisotopic (exact) mass is 281 g/mol. The second kappa shape index (κ2) is 4.77. The van der Waals surface area contributed by atoms with Crippen molar-refractivity contribution in [1.29, 1.82) is 0 Å². The molecule has 0 radical (unpaired) electrons. The molecular formula is C16H15N3O2. The topological polar surface area (TPSA) is 60.1 Å². The minimum absolute atomic E-state index is 0.0217. The van der Waals surface area contributed by atoms with Gasteiger partial charge in [-0.3, -0.25) is 4.79 Å². The maximum absolute atomic E-state index is 12.1. The first-order valence-electron chi connectivity index (χ1n) is 7.10. The van der Waals surface area contributed by atoms with Gasteiger partial charge in [-0.2, -0.15) is 0 Å². The van der Waals surface area contributed by atoms with E-state index in [0.29, 0.717) is 17.6 Å². The summed E-state index contributed by atoms with van der Waals surface area (Å²) < 4.78 is 7.36. The molecule has 1 aliphatic carbocycles. The number of nitrogens with one attached hydrogen (secondary N) is 1. The number of imidazole rings is 1. The molecule has 4 rings (SSSR count). The maximum Gasteiger partial charge on any atom is 0.240 e. The molecule has 0 spiro atoms. The number of carbonyl (C=O) groups is 1. The van der Waals surface area contributed by atoms with E-state index in [1.807, 2.05) is 41.0 Å². The molecule has 0 aliphatic heterocycles. The van der Waals surface area contributed by atoms with Crippen molar-refractivity contribution < 1.29 is 9.21 Å². The fourth-order valence-electron chi connectivity index (χ4n) is 2.47. The van der Waals surface area contributed by atoms with Crippen LogP contribution in [0.5, 0.6) is 0 Å². The number of benzene rings is 1. The van der Waals surface area contributed by atoms with Crippen LogP contribution in [0.4, 0.5) is 0 Å².